The monoisotopic (exact) mass is 435 g/mol. The average molecular weight is 435 g/mol. The third-order valence-electron chi connectivity index (χ3n) is 5.55. The number of nitrogens with zero attached hydrogens (tertiary/aromatic N) is 3. The Bertz CT molecular complexity index is 1430. The number of pyridine rings is 2. The number of benzene rings is 1. The third-order valence-corrected chi connectivity index (χ3v) is 6.50. The average Bonchev–Trinajstić information content (AvgIpc) is 3.41. The van der Waals surface area contributed by atoms with Gasteiger partial charge in [-0.05, 0) is 29.6 Å². The van der Waals surface area contributed by atoms with E-state index in [-0.39, 0.29) is 11.3 Å². The maximum atomic E-state index is 14.2. The van der Waals surface area contributed by atoms with Gasteiger partial charge < -0.3 is 14.1 Å². The lowest BCUT2D eigenvalue weighted by Gasteiger charge is -2.16. The highest BCUT2D eigenvalue weighted by atomic mass is 32.1. The zero-order valence-corrected chi connectivity index (χ0v) is 17.2. The molecule has 8 heteroatoms. The van der Waals surface area contributed by atoms with E-state index >= 15 is 0 Å². The second kappa shape index (κ2) is 7.00. The first kappa shape index (κ1) is 19.4. The van der Waals surface area contributed by atoms with Gasteiger partial charge >= 0.3 is 0 Å². The summed E-state index contributed by atoms with van der Waals surface area (Å²) in [5.74, 6) is -2.17. The fraction of sp³-hybridized carbons (Fsp3) is 0.174. The van der Waals surface area contributed by atoms with Gasteiger partial charge in [0.05, 0.1) is 17.8 Å². The van der Waals surface area contributed by atoms with E-state index < -0.39 is 22.9 Å². The minimum atomic E-state index is -0.920. The van der Waals surface area contributed by atoms with E-state index in [0.29, 0.717) is 16.5 Å². The molecule has 0 spiro atoms. The topological polar surface area (TPSA) is 48.5 Å². The van der Waals surface area contributed by atoms with E-state index in [2.05, 4.69) is 9.83 Å². The number of ether oxygens (including phenoxy) is 1. The summed E-state index contributed by atoms with van der Waals surface area (Å²) in [6, 6.07) is 6.96. The first-order valence-corrected chi connectivity index (χ1v) is 10.4. The van der Waals surface area contributed by atoms with Crippen molar-refractivity contribution in [1.82, 2.24) is 9.55 Å². The highest BCUT2D eigenvalue weighted by molar-refractivity contribution is 7.17. The molecule has 0 atom stereocenters. The van der Waals surface area contributed by atoms with Crippen LogP contribution >= 0.6 is 11.3 Å². The van der Waals surface area contributed by atoms with Crippen LogP contribution in [0.25, 0.3) is 26.1 Å². The summed E-state index contributed by atoms with van der Waals surface area (Å²) in [6.07, 6.45) is 4.96. The Morgan fingerprint density at radius 1 is 1.19 bits per heavy atom. The quantitative estimate of drug-likeness (QED) is 0.390. The highest BCUT2D eigenvalue weighted by Gasteiger charge is 2.52. The molecule has 0 saturated heterocycles. The predicted molar refractivity (Wildman–Crippen MR) is 114 cm³/mol. The van der Waals surface area contributed by atoms with Gasteiger partial charge in [-0.3, -0.25) is 9.78 Å². The molecule has 0 N–H and O–H groups in total. The van der Waals surface area contributed by atoms with E-state index in [1.807, 2.05) is 11.4 Å². The number of fused-ring (bicyclic) bond motifs is 1. The largest absolute Gasteiger partial charge is 0.450 e. The van der Waals surface area contributed by atoms with Gasteiger partial charge in [-0.2, -0.15) is 0 Å². The van der Waals surface area contributed by atoms with Gasteiger partial charge in [0.25, 0.3) is 11.1 Å². The van der Waals surface area contributed by atoms with Gasteiger partial charge in [0, 0.05) is 47.5 Å². The normalized spacial score (nSPS) is 14.4. The Balaban J connectivity index is 1.76. The van der Waals surface area contributed by atoms with Gasteiger partial charge in [-0.15, -0.1) is 11.3 Å². The van der Waals surface area contributed by atoms with Crippen LogP contribution in [0.15, 0.2) is 53.0 Å². The number of rotatable bonds is 4. The summed E-state index contributed by atoms with van der Waals surface area (Å²) in [6.45, 7) is 7.58. The van der Waals surface area contributed by atoms with Crippen molar-refractivity contribution in [3.63, 3.8) is 0 Å². The second-order valence-corrected chi connectivity index (χ2v) is 8.43. The molecule has 0 aliphatic heterocycles. The molecule has 5 rings (SSSR count). The van der Waals surface area contributed by atoms with Gasteiger partial charge in [-0.25, -0.2) is 15.4 Å². The number of aromatic nitrogens is 2. The molecule has 1 aromatic carbocycles. The lowest BCUT2D eigenvalue weighted by molar-refractivity contribution is 0.405. The molecule has 1 aliphatic carbocycles. The van der Waals surface area contributed by atoms with Crippen LogP contribution in [-0.2, 0) is 12.6 Å². The van der Waals surface area contributed by atoms with Crippen molar-refractivity contribution in [2.75, 3.05) is 0 Å². The van der Waals surface area contributed by atoms with Crippen LogP contribution < -0.4 is 10.3 Å². The zero-order valence-electron chi connectivity index (χ0n) is 16.4. The van der Waals surface area contributed by atoms with E-state index in [0.717, 1.165) is 35.5 Å². The third kappa shape index (κ3) is 3.09. The second-order valence-electron chi connectivity index (χ2n) is 7.51. The van der Waals surface area contributed by atoms with Crippen LogP contribution in [0.1, 0.15) is 18.4 Å². The van der Waals surface area contributed by atoms with Crippen molar-refractivity contribution >= 4 is 21.4 Å². The highest BCUT2D eigenvalue weighted by Crippen LogP contribution is 2.51. The lowest BCUT2D eigenvalue weighted by Crippen LogP contribution is -2.15. The number of hydrogen-bond donors (Lipinski definition) is 0. The van der Waals surface area contributed by atoms with Gasteiger partial charge in [0.15, 0.2) is 11.6 Å². The maximum absolute atomic E-state index is 14.2. The summed E-state index contributed by atoms with van der Waals surface area (Å²) >= 11 is 1.40. The molecule has 3 aromatic heterocycles. The SMILES string of the molecule is [C-]#[N+]C1(c2ccc(Oc3c(F)cncc3F)c(-c3cn(C)c(=O)c4ccsc34)c2)CC1. The molecule has 5 nitrogen and oxygen atoms in total. The molecule has 1 fully saturated rings. The molecule has 1 saturated carbocycles. The molecule has 1 aliphatic rings. The molecule has 0 bridgehead atoms. The number of aryl methyl sites for hydroxylation is 1. The summed E-state index contributed by atoms with van der Waals surface area (Å²) in [4.78, 5) is 19.8. The van der Waals surface area contributed by atoms with Crippen molar-refractivity contribution < 1.29 is 13.5 Å². The van der Waals surface area contributed by atoms with Crippen molar-refractivity contribution in [2.45, 2.75) is 18.4 Å². The summed E-state index contributed by atoms with van der Waals surface area (Å²) in [7, 11) is 1.65. The van der Waals surface area contributed by atoms with E-state index in [4.69, 9.17) is 11.3 Å². The van der Waals surface area contributed by atoms with Crippen molar-refractivity contribution in [3.8, 4) is 22.6 Å². The molecular weight excluding hydrogens is 420 g/mol. The van der Waals surface area contributed by atoms with Gasteiger partial charge in [0.1, 0.15) is 5.75 Å². The van der Waals surface area contributed by atoms with Crippen molar-refractivity contribution in [3.05, 3.63) is 87.2 Å². The van der Waals surface area contributed by atoms with E-state index in [1.165, 1.54) is 15.9 Å². The molecular formula is C23H15F2N3O2S. The Labute approximate surface area is 180 Å². The standard InChI is InChI=1S/C23H15F2N3O2S/c1-26-23(6-7-23)13-3-4-19(30-20-17(24)10-27-11-18(20)25)15(9-13)16-12-28(2)22(29)14-5-8-31-21(14)16/h3-5,8-12H,6-7H2,2H3. The Hall–Kier alpha value is -3.57. The minimum absolute atomic E-state index is 0.135. The Kier molecular flexibility index (Phi) is 4.38. The van der Waals surface area contributed by atoms with E-state index in [1.54, 1.807) is 31.4 Å². The fourth-order valence-corrected chi connectivity index (χ4v) is 4.60. The van der Waals surface area contributed by atoms with Crippen LogP contribution in [0.5, 0.6) is 11.5 Å². The lowest BCUT2D eigenvalue weighted by atomic mass is 9.97. The van der Waals surface area contributed by atoms with Crippen LogP contribution in [0.3, 0.4) is 0 Å². The number of hydrogen-bond acceptors (Lipinski definition) is 4. The summed E-state index contributed by atoms with van der Waals surface area (Å²) < 4.78 is 36.3. The smallest absolute Gasteiger partial charge is 0.259 e. The maximum Gasteiger partial charge on any atom is 0.259 e. The van der Waals surface area contributed by atoms with E-state index in [9.17, 15) is 13.6 Å². The fourth-order valence-electron chi connectivity index (χ4n) is 3.69. The number of thiophene rings is 1. The molecule has 0 amide bonds. The molecule has 0 unspecified atom stereocenters. The molecule has 154 valence electrons. The molecule has 31 heavy (non-hydrogen) atoms. The van der Waals surface area contributed by atoms with Crippen molar-refractivity contribution in [1.29, 1.82) is 0 Å². The van der Waals surface area contributed by atoms with Crippen molar-refractivity contribution in [2.24, 2.45) is 7.05 Å². The number of halogens is 2. The first-order valence-electron chi connectivity index (χ1n) is 9.51. The molecule has 3 heterocycles. The molecule has 0 radical (unpaired) electrons. The van der Waals surface area contributed by atoms with Crippen LogP contribution in [0, 0.1) is 18.2 Å². The Morgan fingerprint density at radius 2 is 1.94 bits per heavy atom. The summed E-state index contributed by atoms with van der Waals surface area (Å²) in [5, 5.41) is 2.37. The summed E-state index contributed by atoms with van der Waals surface area (Å²) in [5.41, 5.74) is 1.37. The molecule has 4 aromatic rings. The van der Waals surface area contributed by atoms with Crippen LogP contribution in [0.4, 0.5) is 8.78 Å². The Morgan fingerprint density at radius 3 is 2.61 bits per heavy atom. The minimum Gasteiger partial charge on any atom is -0.450 e. The zero-order chi connectivity index (χ0) is 21.8. The first-order chi connectivity index (χ1) is 14.9. The van der Waals surface area contributed by atoms with Crippen LogP contribution in [-0.4, -0.2) is 9.55 Å². The van der Waals surface area contributed by atoms with Gasteiger partial charge in [0.2, 0.25) is 5.75 Å². The van der Waals surface area contributed by atoms with Crippen LogP contribution in [0.2, 0.25) is 0 Å². The van der Waals surface area contributed by atoms with Gasteiger partial charge in [-0.1, -0.05) is 0 Å². The predicted octanol–water partition coefficient (Wildman–Crippen LogP) is 5.64.